The Morgan fingerprint density at radius 3 is 2.68 bits per heavy atom. The van der Waals surface area contributed by atoms with Gasteiger partial charge in [-0.05, 0) is 93.3 Å². The number of nitriles is 1. The summed E-state index contributed by atoms with van der Waals surface area (Å²) < 4.78 is 8.65. The number of fused-ring (bicyclic) bond motifs is 6. The number of thiazole rings is 1. The molecule has 3 N–H and O–H groups in total. The summed E-state index contributed by atoms with van der Waals surface area (Å²) in [4.78, 5) is 64.6. The van der Waals surface area contributed by atoms with Gasteiger partial charge in [0.2, 0.25) is 5.91 Å². The summed E-state index contributed by atoms with van der Waals surface area (Å²) >= 11 is 1.51. The van der Waals surface area contributed by atoms with Gasteiger partial charge in [0.05, 0.1) is 30.1 Å². The molecule has 1 aromatic carbocycles. The molecule has 2 saturated carbocycles. The lowest BCUT2D eigenvalue weighted by atomic mass is 9.78. The Bertz CT molecular complexity index is 2690. The molecule has 15 nitrogen and oxygen atoms in total. The van der Waals surface area contributed by atoms with Crippen molar-refractivity contribution < 1.29 is 19.1 Å². The van der Waals surface area contributed by atoms with Gasteiger partial charge in [0, 0.05) is 106 Å². The second-order valence-corrected chi connectivity index (χ2v) is 21.0. The number of likely N-dealkylation sites (tertiary alicyclic amines) is 1. The van der Waals surface area contributed by atoms with Crippen LogP contribution >= 0.6 is 11.3 Å². The molecule has 5 fully saturated rings. The van der Waals surface area contributed by atoms with Crippen molar-refractivity contribution in [3.63, 3.8) is 0 Å². The maximum absolute atomic E-state index is 15.2. The molecular weight excluding hydrogens is 839 g/mol. The van der Waals surface area contributed by atoms with Gasteiger partial charge in [-0.3, -0.25) is 29.3 Å². The second-order valence-electron chi connectivity index (χ2n) is 20.1. The summed E-state index contributed by atoms with van der Waals surface area (Å²) in [7, 11) is 0. The van der Waals surface area contributed by atoms with Crippen LogP contribution in [0, 0.1) is 34.5 Å². The maximum atomic E-state index is 15.2. The molecule has 11 rings (SSSR count). The van der Waals surface area contributed by atoms with Crippen LogP contribution in [0.15, 0.2) is 66.7 Å². The molecule has 0 unspecified atom stereocenters. The van der Waals surface area contributed by atoms with Crippen molar-refractivity contribution in [1.82, 2.24) is 50.5 Å². The number of hydrazine groups is 1. The molecule has 6 bridgehead atoms. The highest BCUT2D eigenvalue weighted by Gasteiger charge is 2.57. The number of nitrogens with zero attached hydrogens (tertiary/aromatic N) is 8. The normalized spacial score (nSPS) is 29.6. The maximum Gasteiger partial charge on any atom is 0.324 e. The van der Waals surface area contributed by atoms with Crippen molar-refractivity contribution in [2.75, 3.05) is 32.8 Å². The molecule has 16 heteroatoms. The molecule has 3 saturated heterocycles. The van der Waals surface area contributed by atoms with E-state index in [0.29, 0.717) is 38.9 Å². The average Bonchev–Trinajstić information content (AvgIpc) is 3.67. The van der Waals surface area contributed by atoms with Crippen LogP contribution in [0.5, 0.6) is 0 Å². The first-order chi connectivity index (χ1) is 31.5. The average molecular weight is 894 g/mol. The third kappa shape index (κ3) is 7.59. The second kappa shape index (κ2) is 16.4. The van der Waals surface area contributed by atoms with Crippen LogP contribution in [0.2, 0.25) is 0 Å². The molecule has 2 aliphatic carbocycles. The van der Waals surface area contributed by atoms with E-state index >= 15 is 4.79 Å². The lowest BCUT2D eigenvalue weighted by Gasteiger charge is -2.59. The van der Waals surface area contributed by atoms with Crippen LogP contribution in [-0.2, 0) is 25.5 Å². The van der Waals surface area contributed by atoms with Gasteiger partial charge in [-0.2, -0.15) is 5.26 Å². The molecule has 65 heavy (non-hydrogen) atoms. The summed E-state index contributed by atoms with van der Waals surface area (Å²) in [5.74, 6) is -1.36. The highest BCUT2D eigenvalue weighted by molar-refractivity contribution is 7.10. The molecule has 6 aliphatic rings. The number of hydrogen-bond donors (Lipinski definition) is 3. The number of ether oxygens (including phenoxy) is 1. The molecule has 4 aliphatic heterocycles. The van der Waals surface area contributed by atoms with Crippen molar-refractivity contribution in [2.45, 2.75) is 101 Å². The number of nitrogens with one attached hydrogen (secondary N) is 3. The van der Waals surface area contributed by atoms with Crippen molar-refractivity contribution in [2.24, 2.45) is 23.2 Å². The van der Waals surface area contributed by atoms with E-state index < -0.39 is 29.5 Å². The predicted octanol–water partition coefficient (Wildman–Crippen LogP) is 5.73. The first kappa shape index (κ1) is 42.1. The Morgan fingerprint density at radius 1 is 1.08 bits per heavy atom. The molecule has 0 radical (unpaired) electrons. The lowest BCUT2D eigenvalue weighted by Crippen LogP contribution is -2.77. The van der Waals surface area contributed by atoms with Gasteiger partial charge in [-0.15, -0.1) is 11.3 Å². The number of amides is 2. The lowest BCUT2D eigenvalue weighted by molar-refractivity contribution is -0.156. The van der Waals surface area contributed by atoms with Gasteiger partial charge in [0.15, 0.2) is 0 Å². The van der Waals surface area contributed by atoms with E-state index in [9.17, 15) is 14.9 Å². The SMILES string of the molecule is C[C@@H]1[C@@H](C(=O)N[C@@H]2C(=O)N3CCC[C@H](N3)C(=O)OCC(C)(C)Cc3c(-c4cccnc4)n([C@@H]4CC[C@@H](C#N)C4)c4ccc(cc34)-c3csc(n3)[C@H]2N2CC3(CCN3)C2)[C@@H]1c1ccncn1. The zero-order chi connectivity index (χ0) is 44.6. The van der Waals surface area contributed by atoms with Gasteiger partial charge in [-0.25, -0.2) is 20.4 Å². The number of esters is 1. The molecule has 2 amide bonds. The minimum Gasteiger partial charge on any atom is -0.464 e. The fourth-order valence-electron chi connectivity index (χ4n) is 11.5. The summed E-state index contributed by atoms with van der Waals surface area (Å²) in [6.07, 6.45) is 12.1. The molecule has 8 heterocycles. The van der Waals surface area contributed by atoms with E-state index in [-0.39, 0.29) is 53.7 Å². The van der Waals surface area contributed by atoms with E-state index in [1.165, 1.54) is 22.7 Å². The number of rotatable bonds is 6. The summed E-state index contributed by atoms with van der Waals surface area (Å²) in [6.45, 7) is 9.19. The van der Waals surface area contributed by atoms with Crippen LogP contribution in [-0.4, -0.2) is 103 Å². The van der Waals surface area contributed by atoms with Crippen LogP contribution in [0.3, 0.4) is 0 Å². The standard InChI is InChI=1S/C49H55N11O4S/c1-28-39(35-12-15-52-27-53-35)40(28)44(61)56-41-43(58-24-49(25-58)13-16-54-49)45-55-37(23-65-45)30-9-11-38-33(19-30)34(20-48(2,3)26-64-47(63)36-7-5-17-59(57-36)46(41)62)42(31-6-4-14-51-22-31)60(38)32-10-8-29(18-32)21-50/h4,6,9,11-12,14-15,19,22-23,27-29,32,36,39-41,43,54,57H,5,7-8,10,13,16-18,20,24-26H2,1-3H3,(H,56,61)/t28-,29+,32+,36-,39-,40+,41-,43-/m0/s1. The Balaban J connectivity index is 1.04. The van der Waals surface area contributed by atoms with Gasteiger partial charge >= 0.3 is 5.97 Å². The number of aromatic nitrogens is 5. The zero-order valence-corrected chi connectivity index (χ0v) is 37.9. The Kier molecular flexibility index (Phi) is 10.6. The molecule has 1 spiro atoms. The van der Waals surface area contributed by atoms with E-state index in [2.05, 4.69) is 90.0 Å². The Hall–Kier alpha value is -5.60. The van der Waals surface area contributed by atoms with E-state index in [0.717, 1.165) is 81.9 Å². The minimum atomic E-state index is -1.01. The number of hydrogen-bond acceptors (Lipinski definition) is 13. The number of carbonyl (C=O) groups excluding carboxylic acids is 3. The first-order valence-corrected chi connectivity index (χ1v) is 24.1. The summed E-state index contributed by atoms with van der Waals surface area (Å²) in [5.41, 5.74) is 9.58. The van der Waals surface area contributed by atoms with Crippen molar-refractivity contribution >= 4 is 40.0 Å². The zero-order valence-electron chi connectivity index (χ0n) is 37.1. The Morgan fingerprint density at radius 2 is 1.94 bits per heavy atom. The number of pyridine rings is 1. The fraction of sp³-hybridized carbons (Fsp3) is 0.510. The third-order valence-electron chi connectivity index (χ3n) is 15.1. The summed E-state index contributed by atoms with van der Waals surface area (Å²) in [6, 6.07) is 12.8. The number of benzene rings is 1. The third-order valence-corrected chi connectivity index (χ3v) is 16.0. The Labute approximate surface area is 382 Å². The highest BCUT2D eigenvalue weighted by Crippen LogP contribution is 2.53. The van der Waals surface area contributed by atoms with E-state index in [1.54, 1.807) is 12.4 Å². The predicted molar refractivity (Wildman–Crippen MR) is 244 cm³/mol. The van der Waals surface area contributed by atoms with Gasteiger partial charge < -0.3 is 19.9 Å². The van der Waals surface area contributed by atoms with Crippen LogP contribution < -0.4 is 16.1 Å². The molecule has 5 aromatic rings. The monoisotopic (exact) mass is 893 g/mol. The van der Waals surface area contributed by atoms with E-state index in [4.69, 9.17) is 9.72 Å². The van der Waals surface area contributed by atoms with Crippen molar-refractivity contribution in [1.29, 1.82) is 5.26 Å². The number of cyclic esters (lactones) is 1. The van der Waals surface area contributed by atoms with Crippen molar-refractivity contribution in [3.8, 4) is 28.6 Å². The van der Waals surface area contributed by atoms with Gasteiger partial charge in [-0.1, -0.05) is 26.8 Å². The molecule has 4 aromatic heterocycles. The first-order valence-electron chi connectivity index (χ1n) is 23.2. The van der Waals surface area contributed by atoms with Gasteiger partial charge in [0.25, 0.3) is 5.91 Å². The van der Waals surface area contributed by atoms with E-state index in [1.807, 2.05) is 25.3 Å². The van der Waals surface area contributed by atoms with Gasteiger partial charge in [0.1, 0.15) is 23.4 Å². The number of carbonyl (C=O) groups is 3. The van der Waals surface area contributed by atoms with Crippen LogP contribution in [0.25, 0.3) is 33.4 Å². The molecule has 8 atom stereocenters. The topological polar surface area (TPSA) is 183 Å². The van der Waals surface area contributed by atoms with Crippen molar-refractivity contribution in [3.05, 3.63) is 83.0 Å². The molecule has 336 valence electrons. The fourth-order valence-corrected chi connectivity index (χ4v) is 12.5. The van der Waals surface area contributed by atoms with Crippen LogP contribution in [0.4, 0.5) is 0 Å². The summed E-state index contributed by atoms with van der Waals surface area (Å²) in [5, 5.41) is 22.3. The molecular formula is C49H55N11O4S. The van der Waals surface area contributed by atoms with Crippen LogP contribution in [0.1, 0.15) is 93.6 Å². The highest BCUT2D eigenvalue weighted by atomic mass is 32.1. The minimum absolute atomic E-state index is 0.0134. The smallest absolute Gasteiger partial charge is 0.324 e. The quantitative estimate of drug-likeness (QED) is 0.177. The largest absolute Gasteiger partial charge is 0.464 e.